The Bertz CT molecular complexity index is 276. The Morgan fingerprint density at radius 3 is 2.41 bits per heavy atom. The van der Waals surface area contributed by atoms with Crippen molar-refractivity contribution in [1.82, 2.24) is 0 Å². The van der Waals surface area contributed by atoms with Gasteiger partial charge in [-0.3, -0.25) is 0 Å². The fraction of sp³-hybridized carbons (Fsp3) is 0.923. The molecule has 0 saturated carbocycles. The van der Waals surface area contributed by atoms with E-state index < -0.39 is 18.0 Å². The molecule has 4 nitrogen and oxygen atoms in total. The molecule has 0 radical (unpaired) electrons. The summed E-state index contributed by atoms with van der Waals surface area (Å²) >= 11 is 0. The number of nitrogens with zero attached hydrogens (tertiary/aromatic N) is 1. The first kappa shape index (κ1) is 14.5. The highest BCUT2D eigenvalue weighted by Gasteiger charge is 2.38. The smallest absolute Gasteiger partial charge is 0.0816 e. The number of hydrogen-bond donors (Lipinski definition) is 1. The van der Waals surface area contributed by atoms with Crippen molar-refractivity contribution >= 4 is 5.97 Å². The molecule has 1 rings (SSSR count). The lowest BCUT2D eigenvalue weighted by Crippen LogP contribution is -2.38. The highest BCUT2D eigenvalue weighted by atomic mass is 16.4. The van der Waals surface area contributed by atoms with E-state index in [2.05, 4.69) is 21.0 Å². The Kier molecular flexibility index (Phi) is 4.55. The zero-order valence-electron chi connectivity index (χ0n) is 11.3. The molecular weight excluding hydrogens is 218 g/mol. The van der Waals surface area contributed by atoms with Gasteiger partial charge in [-0.05, 0) is 19.8 Å². The number of carboxylic acid groups (broad SMARTS) is 1. The average Bonchev–Trinajstić information content (AvgIpc) is 2.37. The standard InChI is InChI=1S/C13H25NO3/c1-9-7-14(3,4)8-12(9)6-11(13(16)17)5-10(2)15/h9-12,15H,5-8H2,1-4H3. The third-order valence-corrected chi connectivity index (χ3v) is 3.86. The summed E-state index contributed by atoms with van der Waals surface area (Å²) in [6.07, 6.45) is 0.367. The molecule has 1 aliphatic rings. The predicted octanol–water partition coefficient (Wildman–Crippen LogP) is -0.144. The molecule has 1 heterocycles. The van der Waals surface area contributed by atoms with Crippen molar-refractivity contribution in [2.45, 2.75) is 32.8 Å². The third-order valence-electron chi connectivity index (χ3n) is 3.86. The SMILES string of the molecule is CC(O)CC(CC1C[N+](C)(C)CC1C)C(=O)[O-]. The van der Waals surface area contributed by atoms with Crippen LogP contribution in [0.3, 0.4) is 0 Å². The molecule has 4 unspecified atom stereocenters. The normalized spacial score (nSPS) is 31.1. The minimum absolute atomic E-state index is 0.305. The number of quaternary nitrogens is 1. The first-order valence-corrected chi connectivity index (χ1v) is 6.42. The second kappa shape index (κ2) is 5.36. The van der Waals surface area contributed by atoms with E-state index in [0.29, 0.717) is 24.7 Å². The van der Waals surface area contributed by atoms with Crippen molar-refractivity contribution in [3.63, 3.8) is 0 Å². The topological polar surface area (TPSA) is 60.4 Å². The van der Waals surface area contributed by atoms with Crippen LogP contribution in [0.5, 0.6) is 0 Å². The minimum Gasteiger partial charge on any atom is -0.550 e. The van der Waals surface area contributed by atoms with Crippen LogP contribution in [0.2, 0.25) is 0 Å². The summed E-state index contributed by atoms with van der Waals surface area (Å²) in [4.78, 5) is 11.1. The molecule has 0 amide bonds. The van der Waals surface area contributed by atoms with E-state index in [1.807, 2.05) is 0 Å². The van der Waals surface area contributed by atoms with E-state index in [1.165, 1.54) is 0 Å². The highest BCUT2D eigenvalue weighted by molar-refractivity contribution is 5.67. The molecule has 0 bridgehead atoms. The number of hydrogen-bond acceptors (Lipinski definition) is 3. The summed E-state index contributed by atoms with van der Waals surface area (Å²) in [5.41, 5.74) is 0. The average molecular weight is 243 g/mol. The van der Waals surface area contributed by atoms with Crippen LogP contribution in [0.15, 0.2) is 0 Å². The molecule has 0 aromatic rings. The van der Waals surface area contributed by atoms with Gasteiger partial charge in [0, 0.05) is 23.7 Å². The minimum atomic E-state index is -1.02. The molecule has 1 saturated heterocycles. The quantitative estimate of drug-likeness (QED) is 0.684. The van der Waals surface area contributed by atoms with Gasteiger partial charge in [-0.15, -0.1) is 0 Å². The lowest BCUT2D eigenvalue weighted by atomic mass is 9.85. The maximum Gasteiger partial charge on any atom is 0.0816 e. The Morgan fingerprint density at radius 1 is 1.47 bits per heavy atom. The second-order valence-electron chi connectivity index (χ2n) is 6.37. The summed E-state index contributed by atoms with van der Waals surface area (Å²) < 4.78 is 0.959. The summed E-state index contributed by atoms with van der Waals surface area (Å²) in [5.74, 6) is -0.566. The van der Waals surface area contributed by atoms with Crippen LogP contribution in [0.4, 0.5) is 0 Å². The van der Waals surface area contributed by atoms with Crippen molar-refractivity contribution in [2.75, 3.05) is 27.2 Å². The molecule has 4 heteroatoms. The van der Waals surface area contributed by atoms with Crippen molar-refractivity contribution in [3.05, 3.63) is 0 Å². The van der Waals surface area contributed by atoms with Crippen LogP contribution in [0, 0.1) is 17.8 Å². The van der Waals surface area contributed by atoms with Crippen molar-refractivity contribution in [3.8, 4) is 0 Å². The molecule has 100 valence electrons. The maximum absolute atomic E-state index is 11.1. The number of carbonyl (C=O) groups is 1. The largest absolute Gasteiger partial charge is 0.550 e. The number of carbonyl (C=O) groups excluding carboxylic acids is 1. The molecule has 0 aliphatic carbocycles. The summed E-state index contributed by atoms with van der Waals surface area (Å²) in [7, 11) is 4.36. The number of rotatable bonds is 5. The van der Waals surface area contributed by atoms with Gasteiger partial charge < -0.3 is 19.5 Å². The van der Waals surface area contributed by atoms with Crippen LogP contribution in [0.1, 0.15) is 26.7 Å². The van der Waals surface area contributed by atoms with Gasteiger partial charge in [0.1, 0.15) is 0 Å². The van der Waals surface area contributed by atoms with Gasteiger partial charge in [0.25, 0.3) is 0 Å². The fourth-order valence-corrected chi connectivity index (χ4v) is 3.19. The zero-order valence-corrected chi connectivity index (χ0v) is 11.3. The van der Waals surface area contributed by atoms with Gasteiger partial charge in [0.05, 0.1) is 33.3 Å². The maximum atomic E-state index is 11.1. The van der Waals surface area contributed by atoms with E-state index in [0.717, 1.165) is 17.6 Å². The first-order valence-electron chi connectivity index (χ1n) is 6.42. The number of carboxylic acids is 1. The number of aliphatic carboxylic acids is 1. The fourth-order valence-electron chi connectivity index (χ4n) is 3.19. The summed E-state index contributed by atoms with van der Waals surface area (Å²) in [6.45, 7) is 5.93. The van der Waals surface area contributed by atoms with Crippen molar-refractivity contribution < 1.29 is 19.5 Å². The molecule has 17 heavy (non-hydrogen) atoms. The lowest BCUT2D eigenvalue weighted by molar-refractivity contribution is -0.880. The molecule has 0 aromatic heterocycles. The molecular formula is C13H25NO3. The molecule has 0 aromatic carbocycles. The molecule has 1 fully saturated rings. The van der Waals surface area contributed by atoms with E-state index in [4.69, 9.17) is 0 Å². The van der Waals surface area contributed by atoms with Gasteiger partial charge in [-0.25, -0.2) is 0 Å². The zero-order chi connectivity index (χ0) is 13.2. The Balaban J connectivity index is 2.59. The van der Waals surface area contributed by atoms with E-state index in [9.17, 15) is 15.0 Å². The van der Waals surface area contributed by atoms with Crippen molar-refractivity contribution in [1.29, 1.82) is 0 Å². The number of aliphatic hydroxyl groups is 1. The van der Waals surface area contributed by atoms with Gasteiger partial charge >= 0.3 is 0 Å². The van der Waals surface area contributed by atoms with Crippen LogP contribution >= 0.6 is 0 Å². The lowest BCUT2D eigenvalue weighted by Gasteiger charge is -2.25. The molecule has 0 spiro atoms. The van der Waals surface area contributed by atoms with E-state index in [1.54, 1.807) is 6.92 Å². The van der Waals surface area contributed by atoms with Crippen LogP contribution in [-0.2, 0) is 4.79 Å². The van der Waals surface area contributed by atoms with Gasteiger partial charge in [-0.2, -0.15) is 0 Å². The van der Waals surface area contributed by atoms with Crippen molar-refractivity contribution in [2.24, 2.45) is 17.8 Å². The highest BCUT2D eigenvalue weighted by Crippen LogP contribution is 2.32. The van der Waals surface area contributed by atoms with E-state index >= 15 is 0 Å². The summed E-state index contributed by atoms with van der Waals surface area (Å²) in [5, 5.41) is 20.4. The van der Waals surface area contributed by atoms with Gasteiger partial charge in [0.15, 0.2) is 0 Å². The Labute approximate surface area is 104 Å². The summed E-state index contributed by atoms with van der Waals surface area (Å²) in [6, 6.07) is 0. The van der Waals surface area contributed by atoms with Crippen LogP contribution < -0.4 is 5.11 Å². The molecule has 1 N–H and O–H groups in total. The third kappa shape index (κ3) is 4.28. The van der Waals surface area contributed by atoms with E-state index in [-0.39, 0.29) is 0 Å². The number of aliphatic hydroxyl groups excluding tert-OH is 1. The monoisotopic (exact) mass is 243 g/mol. The molecule has 1 aliphatic heterocycles. The second-order valence-corrected chi connectivity index (χ2v) is 6.37. The Hall–Kier alpha value is -0.610. The van der Waals surface area contributed by atoms with Gasteiger partial charge in [0.2, 0.25) is 0 Å². The van der Waals surface area contributed by atoms with Gasteiger partial charge in [-0.1, -0.05) is 6.92 Å². The molecule has 4 atom stereocenters. The first-order chi connectivity index (χ1) is 7.71. The Morgan fingerprint density at radius 2 is 2.06 bits per heavy atom. The predicted molar refractivity (Wildman–Crippen MR) is 63.9 cm³/mol. The number of likely N-dealkylation sites (tertiary alicyclic amines) is 1. The van der Waals surface area contributed by atoms with Crippen LogP contribution in [-0.4, -0.2) is 48.8 Å². The van der Waals surface area contributed by atoms with Crippen LogP contribution in [0.25, 0.3) is 0 Å².